The van der Waals surface area contributed by atoms with Crippen molar-refractivity contribution in [1.29, 1.82) is 0 Å². The molecule has 0 fully saturated rings. The van der Waals surface area contributed by atoms with Crippen LogP contribution >= 0.6 is 17.0 Å². The molecular weight excluding hydrogens is 611 g/mol. The van der Waals surface area contributed by atoms with Crippen molar-refractivity contribution in [2.45, 2.75) is 62.4 Å². The number of hydrogen-bond donors (Lipinski definition) is 0. The zero-order valence-electron chi connectivity index (χ0n) is 23.2. The molecule has 4 aromatic carbocycles. The van der Waals surface area contributed by atoms with Crippen molar-refractivity contribution in [2.24, 2.45) is 5.41 Å². The molecular formula is C35H38Cl2SiZr. The molecule has 1 unspecified atom stereocenters. The van der Waals surface area contributed by atoms with Crippen LogP contribution in [0, 0.1) is 5.41 Å². The Hall–Kier alpha value is -1.44. The maximum absolute atomic E-state index is 8.06. The molecule has 200 valence electrons. The van der Waals surface area contributed by atoms with E-state index in [2.05, 4.69) is 105 Å². The summed E-state index contributed by atoms with van der Waals surface area (Å²) < 4.78 is 1.63. The minimum absolute atomic E-state index is 0.133. The summed E-state index contributed by atoms with van der Waals surface area (Å²) in [5.41, 5.74) is 8.61. The van der Waals surface area contributed by atoms with Gasteiger partial charge < -0.3 is 0 Å². The molecule has 0 radical (unpaired) electrons. The summed E-state index contributed by atoms with van der Waals surface area (Å²) in [7, 11) is 15.5. The van der Waals surface area contributed by atoms with Crippen LogP contribution in [0.2, 0.25) is 0 Å². The molecule has 0 saturated heterocycles. The summed E-state index contributed by atoms with van der Waals surface area (Å²) in [4.78, 5) is 0. The van der Waals surface area contributed by atoms with Gasteiger partial charge in [-0.2, -0.15) is 0 Å². The van der Waals surface area contributed by atoms with Crippen LogP contribution in [0.15, 0.2) is 91.0 Å². The minimum atomic E-state index is -3.99. The van der Waals surface area contributed by atoms with Gasteiger partial charge in [0, 0.05) is 0 Å². The average Bonchev–Trinajstić information content (AvgIpc) is 3.51. The van der Waals surface area contributed by atoms with Gasteiger partial charge in [0.2, 0.25) is 0 Å². The molecule has 4 heteroatoms. The van der Waals surface area contributed by atoms with Gasteiger partial charge in [0.15, 0.2) is 0 Å². The van der Waals surface area contributed by atoms with Gasteiger partial charge in [0.1, 0.15) is 0 Å². The fourth-order valence-corrected chi connectivity index (χ4v) is 26.7. The summed E-state index contributed by atoms with van der Waals surface area (Å²) >= 11 is -3.99. The fourth-order valence-electron chi connectivity index (χ4n) is 7.60. The zero-order chi connectivity index (χ0) is 27.0. The van der Waals surface area contributed by atoms with E-state index < -0.39 is 27.4 Å². The molecule has 0 spiro atoms. The Morgan fingerprint density at radius 2 is 1.38 bits per heavy atom. The zero-order valence-corrected chi connectivity index (χ0v) is 28.5. The molecule has 1 atom stereocenters. The van der Waals surface area contributed by atoms with Gasteiger partial charge in [-0.1, -0.05) is 0 Å². The first-order valence-electron chi connectivity index (χ1n) is 14.8. The first kappa shape index (κ1) is 27.7. The molecule has 0 saturated carbocycles. The third-order valence-electron chi connectivity index (χ3n) is 9.38. The first-order chi connectivity index (χ1) is 19.0. The van der Waals surface area contributed by atoms with Crippen molar-refractivity contribution in [2.75, 3.05) is 0 Å². The number of rotatable bonds is 9. The van der Waals surface area contributed by atoms with E-state index >= 15 is 0 Å². The van der Waals surface area contributed by atoms with Gasteiger partial charge in [0.25, 0.3) is 0 Å². The Morgan fingerprint density at radius 3 is 2.13 bits per heavy atom. The molecule has 2 aliphatic rings. The number of hydrogen-bond acceptors (Lipinski definition) is 0. The summed E-state index contributed by atoms with van der Waals surface area (Å²) in [6.07, 6.45) is 8.40. The molecule has 0 nitrogen and oxygen atoms in total. The van der Waals surface area contributed by atoms with Crippen molar-refractivity contribution >= 4 is 40.2 Å². The van der Waals surface area contributed by atoms with Crippen LogP contribution in [0.1, 0.15) is 67.1 Å². The standard InChI is InChI=1S/C23H29.C12H9Si.2ClH.Zr/c1-3-5-15-23(16-6-4-2)17-20-13-10-14-21(22(20)18-23)19-11-8-7-9-12-19;1-3-7-11-9(5-1)10-6-2-4-8-12(10)13-11;;;/h7-14,17H,3-6,15-16,18H2,1-2H3;1-7H,13H2;2*1H;/q;;;;+2/p-2. The van der Waals surface area contributed by atoms with E-state index in [1.165, 1.54) is 85.6 Å². The van der Waals surface area contributed by atoms with Crippen LogP contribution in [0.4, 0.5) is 0 Å². The molecule has 1 aliphatic heterocycles. The fraction of sp³-hybridized carbons (Fsp3) is 0.314. The quantitative estimate of drug-likeness (QED) is 0.141. The van der Waals surface area contributed by atoms with Crippen molar-refractivity contribution in [1.82, 2.24) is 0 Å². The molecule has 4 aromatic rings. The van der Waals surface area contributed by atoms with Gasteiger partial charge in [0.05, 0.1) is 0 Å². The molecule has 0 amide bonds. The Kier molecular flexibility index (Phi) is 8.13. The van der Waals surface area contributed by atoms with Gasteiger partial charge >= 0.3 is 250 Å². The summed E-state index contributed by atoms with van der Waals surface area (Å²) in [6.45, 7) is 4.65. The Labute approximate surface area is 248 Å². The normalized spacial score (nSPS) is 17.7. The van der Waals surface area contributed by atoms with E-state index in [1.807, 2.05) is 0 Å². The Balaban J connectivity index is 1.54. The summed E-state index contributed by atoms with van der Waals surface area (Å²) in [5.74, 6) is 0. The van der Waals surface area contributed by atoms with Crippen LogP contribution in [0.5, 0.6) is 0 Å². The van der Waals surface area contributed by atoms with E-state index in [9.17, 15) is 0 Å². The average molecular weight is 649 g/mol. The maximum atomic E-state index is 8.06. The van der Waals surface area contributed by atoms with Gasteiger partial charge in [-0.15, -0.1) is 0 Å². The van der Waals surface area contributed by atoms with Gasteiger partial charge in [-0.3, -0.25) is 0 Å². The third-order valence-corrected chi connectivity index (χ3v) is 24.3. The second-order valence-corrected chi connectivity index (χ2v) is 27.5. The van der Waals surface area contributed by atoms with Gasteiger partial charge in [-0.25, -0.2) is 0 Å². The third kappa shape index (κ3) is 4.88. The van der Waals surface area contributed by atoms with Crippen molar-refractivity contribution < 1.29 is 17.9 Å². The number of fused-ring (bicyclic) bond motifs is 4. The molecule has 1 heterocycles. The second-order valence-electron chi connectivity index (χ2n) is 11.7. The Bertz CT molecular complexity index is 1470. The van der Waals surface area contributed by atoms with E-state index in [4.69, 9.17) is 17.0 Å². The van der Waals surface area contributed by atoms with Crippen LogP contribution in [0.3, 0.4) is 0 Å². The van der Waals surface area contributed by atoms with E-state index in [1.54, 1.807) is 0 Å². The van der Waals surface area contributed by atoms with Crippen molar-refractivity contribution in [3.63, 3.8) is 0 Å². The number of benzene rings is 4. The predicted octanol–water partition coefficient (Wildman–Crippen LogP) is 8.20. The predicted molar refractivity (Wildman–Crippen MR) is 171 cm³/mol. The first-order valence-corrected chi connectivity index (χ1v) is 25.1. The molecule has 1 aliphatic carbocycles. The SMILES string of the molecule is CCCCC1(CCCC)Cc2c(-c3ccccc3)cccc2[CH]1[Zr]([Cl])([Cl])[c]1cccc2c1[SiH2]c1ccccc1-2. The summed E-state index contributed by atoms with van der Waals surface area (Å²) in [5, 5.41) is 3.07. The topological polar surface area (TPSA) is 0 Å². The number of halogens is 2. The number of unbranched alkanes of at least 4 members (excludes halogenated alkanes) is 2. The van der Waals surface area contributed by atoms with Crippen LogP contribution in [-0.4, -0.2) is 9.52 Å². The van der Waals surface area contributed by atoms with E-state index in [0.717, 1.165) is 6.42 Å². The Morgan fingerprint density at radius 1 is 0.744 bits per heavy atom. The molecule has 0 N–H and O–H groups in total. The van der Waals surface area contributed by atoms with Gasteiger partial charge in [-0.05, 0) is 0 Å². The monoisotopic (exact) mass is 646 g/mol. The molecule has 0 bridgehead atoms. The van der Waals surface area contributed by atoms with E-state index in [0.29, 0.717) is 0 Å². The van der Waals surface area contributed by atoms with Crippen molar-refractivity contribution in [3.05, 3.63) is 102 Å². The van der Waals surface area contributed by atoms with Crippen LogP contribution < -0.4 is 13.6 Å². The summed E-state index contributed by atoms with van der Waals surface area (Å²) in [6, 6.07) is 33.8. The second kappa shape index (κ2) is 11.4. The van der Waals surface area contributed by atoms with Crippen LogP contribution in [0.25, 0.3) is 22.3 Å². The molecule has 39 heavy (non-hydrogen) atoms. The van der Waals surface area contributed by atoms with Crippen molar-refractivity contribution in [3.8, 4) is 22.3 Å². The van der Waals surface area contributed by atoms with E-state index in [-0.39, 0.29) is 9.04 Å². The molecule has 0 aromatic heterocycles. The molecule has 6 rings (SSSR count). The van der Waals surface area contributed by atoms with Crippen LogP contribution in [-0.2, 0) is 24.3 Å².